The number of ketones is 1. The molecule has 0 saturated carbocycles. The van der Waals surface area contributed by atoms with Crippen LogP contribution in [0, 0.1) is 0 Å². The Morgan fingerprint density at radius 1 is 1.17 bits per heavy atom. The minimum absolute atomic E-state index is 0.0494. The van der Waals surface area contributed by atoms with E-state index in [2.05, 4.69) is 4.98 Å². The molecule has 7 heteroatoms. The molecule has 184 valence electrons. The van der Waals surface area contributed by atoms with Crippen LogP contribution in [0.25, 0.3) is 5.76 Å². The van der Waals surface area contributed by atoms with Crippen LogP contribution in [0.5, 0.6) is 11.5 Å². The van der Waals surface area contributed by atoms with Gasteiger partial charge < -0.3 is 19.5 Å². The quantitative estimate of drug-likeness (QED) is 0.294. The van der Waals surface area contributed by atoms with E-state index in [1.807, 2.05) is 50.2 Å². The number of rotatable bonds is 7. The minimum Gasteiger partial charge on any atom is -0.507 e. The van der Waals surface area contributed by atoms with Crippen molar-refractivity contribution in [1.82, 2.24) is 9.88 Å². The van der Waals surface area contributed by atoms with Gasteiger partial charge in [0.1, 0.15) is 23.4 Å². The van der Waals surface area contributed by atoms with E-state index in [0.29, 0.717) is 29.9 Å². The molecule has 1 fully saturated rings. The number of amides is 1. The lowest BCUT2D eigenvalue weighted by Gasteiger charge is -2.25. The molecule has 5 rings (SSSR count). The Morgan fingerprint density at radius 2 is 2.03 bits per heavy atom. The van der Waals surface area contributed by atoms with Crippen molar-refractivity contribution in [2.24, 2.45) is 0 Å². The van der Waals surface area contributed by atoms with Crippen LogP contribution in [0.3, 0.4) is 0 Å². The van der Waals surface area contributed by atoms with Crippen molar-refractivity contribution >= 4 is 17.4 Å². The molecule has 3 aromatic rings. The number of fused-ring (bicyclic) bond motifs is 1. The molecule has 1 amide bonds. The first-order valence-corrected chi connectivity index (χ1v) is 12.2. The number of hydrogen-bond donors (Lipinski definition) is 1. The first-order chi connectivity index (χ1) is 17.5. The zero-order valence-electron chi connectivity index (χ0n) is 20.3. The van der Waals surface area contributed by atoms with Gasteiger partial charge in [-0.2, -0.15) is 0 Å². The summed E-state index contributed by atoms with van der Waals surface area (Å²) in [5.41, 5.74) is 2.97. The summed E-state index contributed by atoms with van der Waals surface area (Å²) < 4.78 is 11.6. The molecule has 0 bridgehead atoms. The molecule has 0 radical (unpaired) electrons. The van der Waals surface area contributed by atoms with Crippen LogP contribution < -0.4 is 9.47 Å². The molecule has 1 N–H and O–H groups in total. The first kappa shape index (κ1) is 23.6. The number of benzene rings is 2. The van der Waals surface area contributed by atoms with Crippen LogP contribution >= 0.6 is 0 Å². The molecule has 2 aromatic carbocycles. The Hall–Kier alpha value is -4.13. The van der Waals surface area contributed by atoms with Crippen molar-refractivity contribution in [3.8, 4) is 11.5 Å². The monoisotopic (exact) mass is 484 g/mol. The number of aromatic nitrogens is 1. The molecule has 2 aliphatic heterocycles. The van der Waals surface area contributed by atoms with Gasteiger partial charge in [-0.05, 0) is 66.4 Å². The largest absolute Gasteiger partial charge is 0.507 e. The molecule has 0 spiro atoms. The van der Waals surface area contributed by atoms with Gasteiger partial charge in [0, 0.05) is 30.9 Å². The fourth-order valence-corrected chi connectivity index (χ4v) is 4.80. The SMILES string of the molecule is CCCOc1cccc([C@@H]2/C(=C(\O)c3ccc4c(c3)C[C@H](C)O4)C(=O)C(=O)N2Cc2cccnc2)c1. The maximum absolute atomic E-state index is 13.4. The van der Waals surface area contributed by atoms with Gasteiger partial charge in [-0.1, -0.05) is 25.1 Å². The summed E-state index contributed by atoms with van der Waals surface area (Å²) in [4.78, 5) is 32.3. The van der Waals surface area contributed by atoms with Gasteiger partial charge in [0.2, 0.25) is 0 Å². The van der Waals surface area contributed by atoms with E-state index in [1.54, 1.807) is 30.6 Å². The summed E-state index contributed by atoms with van der Waals surface area (Å²) >= 11 is 0. The number of ether oxygens (including phenoxy) is 2. The summed E-state index contributed by atoms with van der Waals surface area (Å²) in [5.74, 6) is -0.164. The number of carbonyl (C=O) groups is 2. The van der Waals surface area contributed by atoms with Gasteiger partial charge >= 0.3 is 0 Å². The lowest BCUT2D eigenvalue weighted by molar-refractivity contribution is -0.140. The third-order valence-electron chi connectivity index (χ3n) is 6.43. The fraction of sp³-hybridized carbons (Fsp3) is 0.276. The molecule has 0 unspecified atom stereocenters. The Balaban J connectivity index is 1.61. The van der Waals surface area contributed by atoms with Crippen LogP contribution in [0.2, 0.25) is 0 Å². The number of hydrogen-bond acceptors (Lipinski definition) is 6. The van der Waals surface area contributed by atoms with E-state index in [9.17, 15) is 14.7 Å². The van der Waals surface area contributed by atoms with Gasteiger partial charge in [-0.25, -0.2) is 0 Å². The number of Topliss-reactive ketones (excluding diaryl/α,β-unsaturated/α-hetero) is 1. The number of nitrogens with zero attached hydrogens (tertiary/aromatic N) is 2. The lowest BCUT2D eigenvalue weighted by atomic mass is 9.94. The number of aliphatic hydroxyl groups excluding tert-OH is 1. The second-order valence-electron chi connectivity index (χ2n) is 9.16. The van der Waals surface area contributed by atoms with Crippen LogP contribution in [-0.4, -0.2) is 39.4 Å². The predicted molar refractivity (Wildman–Crippen MR) is 135 cm³/mol. The van der Waals surface area contributed by atoms with E-state index < -0.39 is 17.7 Å². The summed E-state index contributed by atoms with van der Waals surface area (Å²) in [6, 6.07) is 15.6. The summed E-state index contributed by atoms with van der Waals surface area (Å²) in [7, 11) is 0. The summed E-state index contributed by atoms with van der Waals surface area (Å²) in [6.45, 7) is 4.73. The Labute approximate surface area is 210 Å². The number of aliphatic hydroxyl groups is 1. The third-order valence-corrected chi connectivity index (χ3v) is 6.43. The van der Waals surface area contributed by atoms with Crippen molar-refractivity contribution < 1.29 is 24.2 Å². The summed E-state index contributed by atoms with van der Waals surface area (Å²) in [6.07, 6.45) is 4.94. The lowest BCUT2D eigenvalue weighted by Crippen LogP contribution is -2.29. The van der Waals surface area contributed by atoms with Gasteiger partial charge in [0.25, 0.3) is 11.7 Å². The predicted octanol–water partition coefficient (Wildman–Crippen LogP) is 4.82. The number of likely N-dealkylation sites (tertiary alicyclic amines) is 1. The highest BCUT2D eigenvalue weighted by atomic mass is 16.5. The Kier molecular flexibility index (Phi) is 6.46. The van der Waals surface area contributed by atoms with Gasteiger partial charge in [-0.15, -0.1) is 0 Å². The molecular formula is C29H28N2O5. The summed E-state index contributed by atoms with van der Waals surface area (Å²) in [5, 5.41) is 11.4. The first-order valence-electron chi connectivity index (χ1n) is 12.2. The highest BCUT2D eigenvalue weighted by Gasteiger charge is 2.46. The molecular weight excluding hydrogens is 456 g/mol. The van der Waals surface area contributed by atoms with Crippen molar-refractivity contribution in [3.63, 3.8) is 0 Å². The van der Waals surface area contributed by atoms with Gasteiger partial charge in [0.05, 0.1) is 18.2 Å². The maximum Gasteiger partial charge on any atom is 0.295 e. The molecule has 0 aliphatic carbocycles. The molecule has 3 heterocycles. The number of carbonyl (C=O) groups excluding carboxylic acids is 2. The Morgan fingerprint density at radius 3 is 2.81 bits per heavy atom. The smallest absolute Gasteiger partial charge is 0.295 e. The molecule has 7 nitrogen and oxygen atoms in total. The molecule has 1 aromatic heterocycles. The van der Waals surface area contributed by atoms with Crippen molar-refractivity contribution in [2.75, 3.05) is 6.61 Å². The standard InChI is InChI=1S/C29H28N2O5/c1-3-12-35-23-8-4-7-20(15-23)26-25(27(32)21-9-10-24-22(14-21)13-18(2)36-24)28(33)29(34)31(26)17-19-6-5-11-30-16-19/h4-11,14-16,18,26,32H,3,12-13,17H2,1-2H3/b27-25+/t18-,26+/m0/s1. The third kappa shape index (κ3) is 4.44. The zero-order chi connectivity index (χ0) is 25.2. The Bertz CT molecular complexity index is 1330. The van der Waals surface area contributed by atoms with E-state index in [-0.39, 0.29) is 24.0 Å². The fourth-order valence-electron chi connectivity index (χ4n) is 4.80. The second-order valence-corrected chi connectivity index (χ2v) is 9.16. The molecule has 1 saturated heterocycles. The van der Waals surface area contributed by atoms with Crippen molar-refractivity contribution in [2.45, 2.75) is 45.4 Å². The van der Waals surface area contributed by atoms with Crippen LogP contribution in [0.15, 0.2) is 72.6 Å². The molecule has 2 aliphatic rings. The average molecular weight is 485 g/mol. The zero-order valence-corrected chi connectivity index (χ0v) is 20.3. The topological polar surface area (TPSA) is 89.0 Å². The van der Waals surface area contributed by atoms with E-state index in [0.717, 1.165) is 23.3 Å². The minimum atomic E-state index is -0.779. The van der Waals surface area contributed by atoms with Crippen molar-refractivity contribution in [1.29, 1.82) is 0 Å². The highest BCUT2D eigenvalue weighted by molar-refractivity contribution is 6.46. The number of pyridine rings is 1. The van der Waals surface area contributed by atoms with Gasteiger partial charge in [-0.3, -0.25) is 14.6 Å². The van der Waals surface area contributed by atoms with E-state index in [4.69, 9.17) is 9.47 Å². The maximum atomic E-state index is 13.4. The van der Waals surface area contributed by atoms with Crippen LogP contribution in [0.1, 0.15) is 48.6 Å². The van der Waals surface area contributed by atoms with Crippen LogP contribution in [-0.2, 0) is 22.6 Å². The van der Waals surface area contributed by atoms with E-state index in [1.165, 1.54) is 4.90 Å². The van der Waals surface area contributed by atoms with E-state index >= 15 is 0 Å². The normalized spacial score (nSPS) is 20.3. The average Bonchev–Trinajstić information content (AvgIpc) is 3.39. The molecule has 36 heavy (non-hydrogen) atoms. The van der Waals surface area contributed by atoms with Gasteiger partial charge in [0.15, 0.2) is 0 Å². The second kappa shape index (κ2) is 9.85. The van der Waals surface area contributed by atoms with Crippen molar-refractivity contribution in [3.05, 3.63) is 94.8 Å². The molecule has 2 atom stereocenters. The highest BCUT2D eigenvalue weighted by Crippen LogP contribution is 2.42. The van der Waals surface area contributed by atoms with Crippen LogP contribution in [0.4, 0.5) is 0 Å².